The van der Waals surface area contributed by atoms with E-state index in [4.69, 9.17) is 10.6 Å². The number of anilines is 1. The number of ether oxygens (including phenoxy) is 1. The fourth-order valence-corrected chi connectivity index (χ4v) is 1.41. The third-order valence-corrected chi connectivity index (χ3v) is 2.32. The van der Waals surface area contributed by atoms with Gasteiger partial charge in [-0.3, -0.25) is 0 Å². The fraction of sp³-hybridized carbons (Fsp3) is 0.250. The van der Waals surface area contributed by atoms with E-state index in [0.29, 0.717) is 12.6 Å². The van der Waals surface area contributed by atoms with Gasteiger partial charge in [-0.2, -0.15) is 5.10 Å². The van der Waals surface area contributed by atoms with Crippen LogP contribution in [0, 0.1) is 0 Å². The molecule has 7 heteroatoms. The second kappa shape index (κ2) is 6.39. The van der Waals surface area contributed by atoms with Gasteiger partial charge in [0.05, 0.1) is 12.8 Å². The van der Waals surface area contributed by atoms with Gasteiger partial charge >= 0.3 is 0 Å². The molecule has 0 aliphatic carbocycles. The maximum atomic E-state index is 5.62. The van der Waals surface area contributed by atoms with Gasteiger partial charge in [0.1, 0.15) is 12.1 Å². The average Bonchev–Trinajstić information content (AvgIpc) is 2.83. The molecule has 2 rings (SSSR count). The van der Waals surface area contributed by atoms with E-state index in [2.05, 4.69) is 27.6 Å². The summed E-state index contributed by atoms with van der Waals surface area (Å²) < 4.78 is 6.87. The van der Waals surface area contributed by atoms with Gasteiger partial charge in [0.2, 0.25) is 0 Å². The summed E-state index contributed by atoms with van der Waals surface area (Å²) in [4.78, 5) is 0. The molecule has 0 saturated heterocycles. The van der Waals surface area contributed by atoms with Crippen molar-refractivity contribution in [1.29, 1.82) is 0 Å². The van der Waals surface area contributed by atoms with E-state index in [0.717, 1.165) is 17.7 Å². The first-order valence-electron chi connectivity index (χ1n) is 5.97. The van der Waals surface area contributed by atoms with Crippen LogP contribution in [-0.4, -0.2) is 27.7 Å². The highest BCUT2D eigenvalue weighted by Crippen LogP contribution is 2.16. The second-order valence-corrected chi connectivity index (χ2v) is 3.82. The van der Waals surface area contributed by atoms with Gasteiger partial charge in [-0.15, -0.1) is 10.2 Å². The second-order valence-electron chi connectivity index (χ2n) is 3.82. The smallest absolute Gasteiger partial charge is 0.263 e. The minimum atomic E-state index is 0.364. The number of hydrogen-bond acceptors (Lipinski definition) is 6. The predicted octanol–water partition coefficient (Wildman–Crippen LogP) is 1.23. The normalized spacial score (nSPS) is 10.8. The molecule has 3 N–H and O–H groups in total. The molecule has 100 valence electrons. The third-order valence-electron chi connectivity index (χ3n) is 2.32. The average molecular weight is 260 g/mol. The molecule has 19 heavy (non-hydrogen) atoms. The van der Waals surface area contributed by atoms with Crippen LogP contribution in [0.2, 0.25) is 0 Å². The number of hydrazone groups is 1. The number of rotatable bonds is 6. The van der Waals surface area contributed by atoms with Crippen molar-refractivity contribution < 1.29 is 4.74 Å². The summed E-state index contributed by atoms with van der Waals surface area (Å²) in [6, 6.07) is 7.67. The van der Waals surface area contributed by atoms with Crippen LogP contribution in [0.3, 0.4) is 0 Å². The zero-order valence-corrected chi connectivity index (χ0v) is 10.7. The Hall–Kier alpha value is -2.57. The van der Waals surface area contributed by atoms with E-state index >= 15 is 0 Å². The molecule has 0 bridgehead atoms. The van der Waals surface area contributed by atoms with Crippen LogP contribution >= 0.6 is 0 Å². The van der Waals surface area contributed by atoms with Crippen LogP contribution in [-0.2, 0) is 0 Å². The number of nitrogens with one attached hydrogen (secondary N) is 1. The lowest BCUT2D eigenvalue weighted by Gasteiger charge is -2.07. The summed E-state index contributed by atoms with van der Waals surface area (Å²) >= 11 is 0. The summed E-state index contributed by atoms with van der Waals surface area (Å²) in [5.74, 6) is 6.71. The van der Waals surface area contributed by atoms with Gasteiger partial charge in [-0.05, 0) is 18.6 Å². The first-order valence-corrected chi connectivity index (χ1v) is 5.97. The molecule has 0 aliphatic heterocycles. The Balaban J connectivity index is 2.04. The van der Waals surface area contributed by atoms with Crippen LogP contribution in [0.5, 0.6) is 5.75 Å². The van der Waals surface area contributed by atoms with E-state index in [1.54, 1.807) is 6.21 Å². The van der Waals surface area contributed by atoms with Crippen LogP contribution in [0.15, 0.2) is 35.7 Å². The maximum Gasteiger partial charge on any atom is 0.263 e. The Bertz CT molecular complexity index is 551. The summed E-state index contributed by atoms with van der Waals surface area (Å²) in [6.07, 6.45) is 4.00. The first-order chi connectivity index (χ1) is 9.31. The molecule has 0 spiro atoms. The number of nitrogen functional groups attached to an aromatic ring is 1. The quantitative estimate of drug-likeness (QED) is 0.463. The predicted molar refractivity (Wildman–Crippen MR) is 73.6 cm³/mol. The minimum Gasteiger partial charge on any atom is -0.493 e. The van der Waals surface area contributed by atoms with Gasteiger partial charge in [0.15, 0.2) is 0 Å². The standard InChI is InChI=1S/C12H16N6O/c1-2-7-19-11-6-4-3-5-10(11)8-14-16-12-17-15-9-18(12)13/h3-6,8-9H,2,7,13H2,1H3,(H,16,17)/b14-8+. The summed E-state index contributed by atoms with van der Waals surface area (Å²) in [7, 11) is 0. The van der Waals surface area contributed by atoms with Gasteiger partial charge in [0.25, 0.3) is 5.95 Å². The van der Waals surface area contributed by atoms with Crippen LogP contribution in [0.1, 0.15) is 18.9 Å². The van der Waals surface area contributed by atoms with E-state index in [1.165, 1.54) is 11.0 Å². The number of para-hydroxylation sites is 1. The molecule has 0 unspecified atom stereocenters. The van der Waals surface area contributed by atoms with Crippen molar-refractivity contribution in [3.63, 3.8) is 0 Å². The van der Waals surface area contributed by atoms with Crippen molar-refractivity contribution >= 4 is 12.2 Å². The van der Waals surface area contributed by atoms with Crippen molar-refractivity contribution in [3.8, 4) is 5.75 Å². The molecular formula is C12H16N6O. The zero-order valence-electron chi connectivity index (χ0n) is 10.7. The molecule has 2 aromatic rings. The topological polar surface area (TPSA) is 90.3 Å². The molecule has 1 aromatic carbocycles. The highest BCUT2D eigenvalue weighted by atomic mass is 16.5. The van der Waals surface area contributed by atoms with Gasteiger partial charge < -0.3 is 10.6 Å². The Morgan fingerprint density at radius 3 is 3.05 bits per heavy atom. The third kappa shape index (κ3) is 3.44. The molecule has 7 nitrogen and oxygen atoms in total. The number of nitrogens with zero attached hydrogens (tertiary/aromatic N) is 4. The van der Waals surface area contributed by atoms with Gasteiger partial charge in [-0.1, -0.05) is 19.1 Å². The number of nitrogens with two attached hydrogens (primary N) is 1. The Morgan fingerprint density at radius 1 is 1.47 bits per heavy atom. The van der Waals surface area contributed by atoms with Crippen molar-refractivity contribution in [2.45, 2.75) is 13.3 Å². The molecular weight excluding hydrogens is 244 g/mol. The molecule has 0 fully saturated rings. The zero-order chi connectivity index (χ0) is 13.5. The van der Waals surface area contributed by atoms with Gasteiger partial charge in [0, 0.05) is 5.56 Å². The van der Waals surface area contributed by atoms with Gasteiger partial charge in [-0.25, -0.2) is 10.1 Å². The Kier molecular flexibility index (Phi) is 4.33. The molecule has 1 heterocycles. The van der Waals surface area contributed by atoms with Crippen molar-refractivity contribution in [1.82, 2.24) is 14.9 Å². The van der Waals surface area contributed by atoms with Crippen molar-refractivity contribution in [3.05, 3.63) is 36.2 Å². The minimum absolute atomic E-state index is 0.364. The molecule has 1 aromatic heterocycles. The largest absolute Gasteiger partial charge is 0.493 e. The van der Waals surface area contributed by atoms with Crippen LogP contribution in [0.4, 0.5) is 5.95 Å². The number of aromatic nitrogens is 3. The fourth-order valence-electron chi connectivity index (χ4n) is 1.41. The summed E-state index contributed by atoms with van der Waals surface area (Å²) in [6.45, 7) is 2.74. The van der Waals surface area contributed by atoms with Crippen LogP contribution < -0.4 is 16.0 Å². The highest BCUT2D eigenvalue weighted by molar-refractivity contribution is 5.83. The first kappa shape index (κ1) is 12.9. The lowest BCUT2D eigenvalue weighted by atomic mass is 10.2. The number of benzene rings is 1. The summed E-state index contributed by atoms with van der Waals surface area (Å²) in [5.41, 5.74) is 3.58. The van der Waals surface area contributed by atoms with Crippen molar-refractivity contribution in [2.24, 2.45) is 5.10 Å². The monoisotopic (exact) mass is 260 g/mol. The molecule has 0 aliphatic rings. The Morgan fingerprint density at radius 2 is 2.32 bits per heavy atom. The number of hydrogen-bond donors (Lipinski definition) is 2. The molecule has 0 saturated carbocycles. The van der Waals surface area contributed by atoms with E-state index in [-0.39, 0.29) is 0 Å². The van der Waals surface area contributed by atoms with E-state index in [9.17, 15) is 0 Å². The molecule has 0 atom stereocenters. The maximum absolute atomic E-state index is 5.62. The lowest BCUT2D eigenvalue weighted by molar-refractivity contribution is 0.317. The molecule has 0 amide bonds. The van der Waals surface area contributed by atoms with Crippen LogP contribution in [0.25, 0.3) is 0 Å². The summed E-state index contributed by atoms with van der Waals surface area (Å²) in [5, 5.41) is 11.4. The Labute approximate surface area is 111 Å². The highest BCUT2D eigenvalue weighted by Gasteiger charge is 2.00. The SMILES string of the molecule is CCCOc1ccccc1/C=N/Nc1nncn1N. The molecule has 0 radical (unpaired) electrons. The van der Waals surface area contributed by atoms with Crippen molar-refractivity contribution in [2.75, 3.05) is 17.9 Å². The lowest BCUT2D eigenvalue weighted by Crippen LogP contribution is -2.10. The van der Waals surface area contributed by atoms with E-state index in [1.807, 2.05) is 24.3 Å². The van der Waals surface area contributed by atoms with E-state index < -0.39 is 0 Å².